The van der Waals surface area contributed by atoms with Gasteiger partial charge in [0.2, 0.25) is 0 Å². The van der Waals surface area contributed by atoms with Crippen molar-refractivity contribution in [3.63, 3.8) is 0 Å². The van der Waals surface area contributed by atoms with Crippen molar-refractivity contribution in [2.75, 3.05) is 10.6 Å². The van der Waals surface area contributed by atoms with Gasteiger partial charge in [-0.2, -0.15) is 0 Å². The van der Waals surface area contributed by atoms with E-state index in [0.717, 1.165) is 18.4 Å². The van der Waals surface area contributed by atoms with Crippen LogP contribution in [0.25, 0.3) is 11.4 Å². The normalized spacial score (nSPS) is 14.9. The highest BCUT2D eigenvalue weighted by atomic mass is 16.5. The lowest BCUT2D eigenvalue weighted by atomic mass is 10.1. The maximum atomic E-state index is 12.8. The maximum absolute atomic E-state index is 12.8. The number of hydrogen-bond acceptors (Lipinski definition) is 6. The van der Waals surface area contributed by atoms with Crippen molar-refractivity contribution in [2.45, 2.75) is 51.5 Å². The van der Waals surface area contributed by atoms with E-state index in [-0.39, 0.29) is 11.6 Å². The Bertz CT molecular complexity index is 962. The Kier molecular flexibility index (Phi) is 5.84. The van der Waals surface area contributed by atoms with Gasteiger partial charge in [0.05, 0.1) is 0 Å². The van der Waals surface area contributed by atoms with Crippen molar-refractivity contribution < 1.29 is 9.32 Å². The number of benzene rings is 1. The first-order valence-corrected chi connectivity index (χ1v) is 10.1. The summed E-state index contributed by atoms with van der Waals surface area (Å²) in [4.78, 5) is 22.0. The van der Waals surface area contributed by atoms with Gasteiger partial charge in [0.15, 0.2) is 11.6 Å². The maximum Gasteiger partial charge on any atom is 0.275 e. The van der Waals surface area contributed by atoms with Crippen LogP contribution in [0.4, 0.5) is 11.6 Å². The molecule has 1 saturated carbocycles. The molecule has 1 aromatic carbocycles. The standard InChI is InChI=1S/C22H25N5O2/c1-15-13-20(27-29-15)26-22(28)18-14-19(23-17-11-7-2-3-8-12-17)25-21(24-18)16-9-5-4-6-10-16/h4-6,9-10,13-14,17H,2-3,7-8,11-12H2,1H3,(H,23,24,25)(H,26,27,28). The van der Waals surface area contributed by atoms with Gasteiger partial charge in [-0.3, -0.25) is 4.79 Å². The first kappa shape index (κ1) is 19.1. The Labute approximate surface area is 169 Å². The molecule has 7 nitrogen and oxygen atoms in total. The van der Waals surface area contributed by atoms with Gasteiger partial charge in [-0.1, -0.05) is 61.2 Å². The molecule has 7 heteroatoms. The van der Waals surface area contributed by atoms with Crippen LogP contribution in [-0.2, 0) is 0 Å². The van der Waals surface area contributed by atoms with Crippen molar-refractivity contribution >= 4 is 17.5 Å². The number of amides is 1. The molecule has 0 saturated heterocycles. The van der Waals surface area contributed by atoms with Crippen LogP contribution in [-0.4, -0.2) is 27.1 Å². The molecule has 0 atom stereocenters. The van der Waals surface area contributed by atoms with Crippen molar-refractivity contribution in [1.82, 2.24) is 15.1 Å². The number of aryl methyl sites for hydroxylation is 1. The first-order chi connectivity index (χ1) is 14.2. The summed E-state index contributed by atoms with van der Waals surface area (Å²) >= 11 is 0. The van der Waals surface area contributed by atoms with E-state index in [1.807, 2.05) is 30.3 Å². The molecule has 150 valence electrons. The summed E-state index contributed by atoms with van der Waals surface area (Å²) in [5.41, 5.74) is 1.15. The van der Waals surface area contributed by atoms with Gasteiger partial charge in [0, 0.05) is 23.7 Å². The van der Waals surface area contributed by atoms with Crippen molar-refractivity contribution in [3.8, 4) is 11.4 Å². The zero-order chi connectivity index (χ0) is 20.1. The molecule has 2 heterocycles. The van der Waals surface area contributed by atoms with E-state index < -0.39 is 0 Å². The van der Waals surface area contributed by atoms with Crippen molar-refractivity contribution in [1.29, 1.82) is 0 Å². The fourth-order valence-corrected chi connectivity index (χ4v) is 3.59. The minimum absolute atomic E-state index is 0.288. The van der Waals surface area contributed by atoms with E-state index in [9.17, 15) is 4.79 Å². The van der Waals surface area contributed by atoms with Crippen molar-refractivity contribution in [3.05, 3.63) is 53.9 Å². The predicted octanol–water partition coefficient (Wildman–Crippen LogP) is 4.83. The van der Waals surface area contributed by atoms with E-state index in [1.54, 1.807) is 19.1 Å². The molecule has 0 bridgehead atoms. The van der Waals surface area contributed by atoms with Crippen LogP contribution in [0.15, 0.2) is 47.0 Å². The highest BCUT2D eigenvalue weighted by Gasteiger charge is 2.17. The molecule has 1 fully saturated rings. The second-order valence-electron chi connectivity index (χ2n) is 7.44. The van der Waals surface area contributed by atoms with Crippen LogP contribution >= 0.6 is 0 Å². The third-order valence-electron chi connectivity index (χ3n) is 5.07. The second-order valence-corrected chi connectivity index (χ2v) is 7.44. The molecule has 2 N–H and O–H groups in total. The summed E-state index contributed by atoms with van der Waals surface area (Å²) in [6.07, 6.45) is 7.22. The molecule has 1 aliphatic rings. The van der Waals surface area contributed by atoms with E-state index in [0.29, 0.717) is 29.3 Å². The van der Waals surface area contributed by atoms with Gasteiger partial charge in [-0.05, 0) is 19.8 Å². The molecule has 1 aliphatic carbocycles. The van der Waals surface area contributed by atoms with Crippen molar-refractivity contribution in [2.24, 2.45) is 0 Å². The molecular formula is C22H25N5O2. The summed E-state index contributed by atoms with van der Waals surface area (Å²) in [6.45, 7) is 1.77. The van der Waals surface area contributed by atoms with Crippen LogP contribution in [0.5, 0.6) is 0 Å². The highest BCUT2D eigenvalue weighted by molar-refractivity contribution is 6.03. The smallest absolute Gasteiger partial charge is 0.275 e. The molecule has 0 unspecified atom stereocenters. The number of aromatic nitrogens is 3. The molecule has 0 spiro atoms. The minimum atomic E-state index is -0.346. The Morgan fingerprint density at radius 2 is 1.76 bits per heavy atom. The van der Waals surface area contributed by atoms with Crippen LogP contribution in [0.1, 0.15) is 54.8 Å². The fourth-order valence-electron chi connectivity index (χ4n) is 3.59. The van der Waals surface area contributed by atoms with Crippen LogP contribution in [0.3, 0.4) is 0 Å². The van der Waals surface area contributed by atoms with Gasteiger partial charge in [-0.25, -0.2) is 9.97 Å². The third-order valence-corrected chi connectivity index (χ3v) is 5.07. The highest BCUT2D eigenvalue weighted by Crippen LogP contribution is 2.23. The lowest BCUT2D eigenvalue weighted by Crippen LogP contribution is -2.21. The molecule has 3 aromatic rings. The van der Waals surface area contributed by atoms with Crippen LogP contribution in [0, 0.1) is 6.92 Å². The quantitative estimate of drug-likeness (QED) is 0.605. The zero-order valence-electron chi connectivity index (χ0n) is 16.5. The summed E-state index contributed by atoms with van der Waals surface area (Å²) in [5, 5.41) is 10.1. The Hall–Kier alpha value is -3.22. The number of carbonyl (C=O) groups excluding carboxylic acids is 1. The average molecular weight is 391 g/mol. The zero-order valence-corrected chi connectivity index (χ0v) is 16.5. The molecule has 1 amide bonds. The summed E-state index contributed by atoms with van der Waals surface area (Å²) in [7, 11) is 0. The Morgan fingerprint density at radius 3 is 2.45 bits per heavy atom. The summed E-state index contributed by atoms with van der Waals surface area (Å²) < 4.78 is 5.02. The van der Waals surface area contributed by atoms with Gasteiger partial charge < -0.3 is 15.2 Å². The van der Waals surface area contributed by atoms with Gasteiger partial charge >= 0.3 is 0 Å². The van der Waals surface area contributed by atoms with Gasteiger partial charge in [0.25, 0.3) is 5.91 Å². The molecule has 4 rings (SSSR count). The fraction of sp³-hybridized carbons (Fsp3) is 0.364. The molecule has 0 aliphatic heterocycles. The molecule has 0 radical (unpaired) electrons. The average Bonchev–Trinajstić information content (AvgIpc) is 2.98. The Balaban J connectivity index is 1.63. The van der Waals surface area contributed by atoms with E-state index >= 15 is 0 Å². The minimum Gasteiger partial charge on any atom is -0.367 e. The molecule has 2 aromatic heterocycles. The van der Waals surface area contributed by atoms with Gasteiger partial charge in [-0.15, -0.1) is 0 Å². The number of anilines is 2. The number of hydrogen-bond donors (Lipinski definition) is 2. The lowest BCUT2D eigenvalue weighted by Gasteiger charge is -2.18. The monoisotopic (exact) mass is 391 g/mol. The van der Waals surface area contributed by atoms with E-state index in [4.69, 9.17) is 4.52 Å². The largest absolute Gasteiger partial charge is 0.367 e. The topological polar surface area (TPSA) is 92.9 Å². The predicted molar refractivity (Wildman–Crippen MR) is 112 cm³/mol. The second kappa shape index (κ2) is 8.86. The van der Waals surface area contributed by atoms with Crippen LogP contribution < -0.4 is 10.6 Å². The number of rotatable bonds is 5. The number of nitrogens with one attached hydrogen (secondary N) is 2. The first-order valence-electron chi connectivity index (χ1n) is 10.1. The lowest BCUT2D eigenvalue weighted by molar-refractivity contribution is 0.102. The van der Waals surface area contributed by atoms with Crippen LogP contribution in [0.2, 0.25) is 0 Å². The van der Waals surface area contributed by atoms with Gasteiger partial charge in [0.1, 0.15) is 17.3 Å². The van der Waals surface area contributed by atoms with E-state index in [2.05, 4.69) is 25.8 Å². The third kappa shape index (κ3) is 4.99. The SMILES string of the molecule is Cc1cc(NC(=O)c2cc(NC3CCCCCC3)nc(-c3ccccc3)n2)no1. The van der Waals surface area contributed by atoms with E-state index in [1.165, 1.54) is 25.7 Å². The molecular weight excluding hydrogens is 366 g/mol. The Morgan fingerprint density at radius 1 is 1.00 bits per heavy atom. The number of carbonyl (C=O) groups is 1. The summed E-state index contributed by atoms with van der Waals surface area (Å²) in [5.74, 6) is 1.84. The number of nitrogens with zero attached hydrogens (tertiary/aromatic N) is 3. The molecule has 29 heavy (non-hydrogen) atoms. The summed E-state index contributed by atoms with van der Waals surface area (Å²) in [6, 6.07) is 13.4.